The Hall–Kier alpha value is -3.06. The molecule has 0 bridgehead atoms. The molecule has 0 saturated carbocycles. The van der Waals surface area contributed by atoms with Crippen molar-refractivity contribution in [3.63, 3.8) is 0 Å². The summed E-state index contributed by atoms with van der Waals surface area (Å²) in [4.78, 5) is 29.0. The van der Waals surface area contributed by atoms with E-state index < -0.39 is 36.0 Å². The molecule has 1 aliphatic carbocycles. The molecule has 168 valence electrons. The van der Waals surface area contributed by atoms with Crippen molar-refractivity contribution >= 4 is 12.2 Å². The van der Waals surface area contributed by atoms with Gasteiger partial charge >= 0.3 is 12.2 Å². The highest BCUT2D eigenvalue weighted by Crippen LogP contribution is 2.45. The molecule has 5 rings (SSSR count). The number of nitrogens with zero attached hydrogens (tertiary/aromatic N) is 2. The molecule has 32 heavy (non-hydrogen) atoms. The van der Waals surface area contributed by atoms with Crippen LogP contribution < -0.4 is 0 Å². The number of hydrogen-bond donors (Lipinski definition) is 1. The first-order valence-corrected chi connectivity index (χ1v) is 11.1. The minimum Gasteiger partial charge on any atom is -0.444 e. The number of hydrogen-bond acceptors (Lipinski definition) is 5. The van der Waals surface area contributed by atoms with Crippen LogP contribution in [0, 0.1) is 0 Å². The van der Waals surface area contributed by atoms with Crippen LogP contribution in [0.25, 0.3) is 11.1 Å². The third-order valence-corrected chi connectivity index (χ3v) is 6.46. The highest BCUT2D eigenvalue weighted by molar-refractivity contribution is 5.80. The molecular formula is C25H28N2O5. The summed E-state index contributed by atoms with van der Waals surface area (Å²) in [6, 6.07) is 15.1. The van der Waals surface area contributed by atoms with Crippen molar-refractivity contribution in [2.24, 2.45) is 0 Å². The van der Waals surface area contributed by atoms with E-state index in [1.165, 1.54) is 0 Å². The highest BCUT2D eigenvalue weighted by Gasteiger charge is 2.53. The molecule has 2 amide bonds. The number of likely N-dealkylation sites (tertiary alicyclic amines) is 2. The molecule has 2 aromatic carbocycles. The number of rotatable bonds is 1. The SMILES string of the molecule is CC(C)(C)OC(=O)N1C[C@H](O)[C@@H]2[C@H]1CCN2C(=O)OC1c2ccccc2-c2ccccc21. The van der Waals surface area contributed by atoms with Crippen LogP contribution in [0.1, 0.15) is 44.4 Å². The maximum absolute atomic E-state index is 13.3. The number of benzene rings is 2. The molecule has 2 heterocycles. The molecule has 0 spiro atoms. The number of amides is 2. The molecule has 1 N–H and O–H groups in total. The zero-order valence-electron chi connectivity index (χ0n) is 18.5. The summed E-state index contributed by atoms with van der Waals surface area (Å²) < 4.78 is 11.5. The van der Waals surface area contributed by atoms with Gasteiger partial charge < -0.3 is 24.4 Å². The Labute approximate surface area is 187 Å². The summed E-state index contributed by atoms with van der Waals surface area (Å²) >= 11 is 0. The van der Waals surface area contributed by atoms with Crippen LogP contribution in [0.3, 0.4) is 0 Å². The van der Waals surface area contributed by atoms with Gasteiger partial charge in [-0.15, -0.1) is 0 Å². The van der Waals surface area contributed by atoms with Crippen LogP contribution in [-0.2, 0) is 9.47 Å². The molecular weight excluding hydrogens is 408 g/mol. The van der Waals surface area contributed by atoms with Gasteiger partial charge in [0.15, 0.2) is 6.10 Å². The maximum Gasteiger partial charge on any atom is 0.411 e. The second-order valence-electron chi connectivity index (χ2n) is 9.68. The Kier molecular flexibility index (Phi) is 4.89. The molecule has 2 saturated heterocycles. The van der Waals surface area contributed by atoms with E-state index in [4.69, 9.17) is 9.47 Å². The van der Waals surface area contributed by atoms with Gasteiger partial charge in [-0.3, -0.25) is 0 Å². The molecule has 0 aromatic heterocycles. The van der Waals surface area contributed by atoms with Crippen LogP contribution in [0.5, 0.6) is 0 Å². The van der Waals surface area contributed by atoms with E-state index in [-0.39, 0.29) is 12.6 Å². The van der Waals surface area contributed by atoms with Crippen LogP contribution in [0.2, 0.25) is 0 Å². The van der Waals surface area contributed by atoms with E-state index in [9.17, 15) is 14.7 Å². The summed E-state index contributed by atoms with van der Waals surface area (Å²) in [5, 5.41) is 10.7. The third kappa shape index (κ3) is 3.41. The van der Waals surface area contributed by atoms with Crippen molar-refractivity contribution in [3.05, 3.63) is 59.7 Å². The molecule has 2 aromatic rings. The molecule has 0 radical (unpaired) electrons. The summed E-state index contributed by atoms with van der Waals surface area (Å²) in [6.45, 7) is 5.99. The number of aliphatic hydroxyl groups excluding tert-OH is 1. The normalized spacial score (nSPS) is 24.2. The van der Waals surface area contributed by atoms with Crippen LogP contribution in [0.4, 0.5) is 9.59 Å². The number of ether oxygens (including phenoxy) is 2. The summed E-state index contributed by atoms with van der Waals surface area (Å²) in [7, 11) is 0. The monoisotopic (exact) mass is 436 g/mol. The van der Waals surface area contributed by atoms with Crippen molar-refractivity contribution in [3.8, 4) is 11.1 Å². The number of aliphatic hydroxyl groups is 1. The summed E-state index contributed by atoms with van der Waals surface area (Å²) in [5.74, 6) is 0. The van der Waals surface area contributed by atoms with Gasteiger partial charge in [0.1, 0.15) is 5.60 Å². The average molecular weight is 437 g/mol. The Balaban J connectivity index is 1.35. The third-order valence-electron chi connectivity index (χ3n) is 6.46. The van der Waals surface area contributed by atoms with E-state index in [1.54, 1.807) is 9.80 Å². The average Bonchev–Trinajstić information content (AvgIpc) is 3.40. The second kappa shape index (κ2) is 7.52. The Morgan fingerprint density at radius 1 is 0.938 bits per heavy atom. The lowest BCUT2D eigenvalue weighted by atomic mass is 10.1. The smallest absolute Gasteiger partial charge is 0.411 e. The first-order chi connectivity index (χ1) is 15.2. The second-order valence-corrected chi connectivity index (χ2v) is 9.68. The van der Waals surface area contributed by atoms with Crippen LogP contribution in [0.15, 0.2) is 48.5 Å². The van der Waals surface area contributed by atoms with Crippen molar-refractivity contribution in [1.29, 1.82) is 0 Å². The fraction of sp³-hybridized carbons (Fsp3) is 0.440. The number of carbonyl (C=O) groups is 2. The molecule has 7 nitrogen and oxygen atoms in total. The quantitative estimate of drug-likeness (QED) is 0.732. The number of fused-ring (bicyclic) bond motifs is 4. The molecule has 2 fully saturated rings. The van der Waals surface area contributed by atoms with Gasteiger partial charge in [-0.25, -0.2) is 9.59 Å². The van der Waals surface area contributed by atoms with Crippen molar-refractivity contribution in [2.75, 3.05) is 13.1 Å². The lowest BCUT2D eigenvalue weighted by Crippen LogP contribution is -2.45. The lowest BCUT2D eigenvalue weighted by Gasteiger charge is -2.28. The Morgan fingerprint density at radius 3 is 2.12 bits per heavy atom. The van der Waals surface area contributed by atoms with Gasteiger partial charge in [0.25, 0.3) is 0 Å². The largest absolute Gasteiger partial charge is 0.444 e. The fourth-order valence-electron chi connectivity index (χ4n) is 5.20. The number of carbonyl (C=O) groups excluding carboxylic acids is 2. The molecule has 3 atom stereocenters. The summed E-state index contributed by atoms with van der Waals surface area (Å²) in [5.41, 5.74) is 3.43. The van der Waals surface area contributed by atoms with Gasteiger partial charge in [0, 0.05) is 17.7 Å². The highest BCUT2D eigenvalue weighted by atomic mass is 16.6. The van der Waals surface area contributed by atoms with E-state index in [1.807, 2.05) is 69.3 Å². The standard InChI is InChI=1S/C25H28N2O5/c1-25(2,3)32-24(30)27-14-20(28)21-19(27)12-13-26(21)23(29)31-22-17-10-6-4-8-15(17)16-9-5-7-11-18(16)22/h4-11,19-22,28H,12-14H2,1-3H3/t19-,20+,21+/m1/s1. The molecule has 2 aliphatic heterocycles. The van der Waals surface area contributed by atoms with Gasteiger partial charge in [-0.05, 0) is 38.3 Å². The maximum atomic E-state index is 13.3. The van der Waals surface area contributed by atoms with Crippen LogP contribution in [-0.4, -0.2) is 64.0 Å². The van der Waals surface area contributed by atoms with E-state index in [0.29, 0.717) is 13.0 Å². The Bertz CT molecular complexity index is 1020. The Morgan fingerprint density at radius 2 is 1.53 bits per heavy atom. The van der Waals surface area contributed by atoms with Crippen LogP contribution >= 0.6 is 0 Å². The first kappa shape index (κ1) is 20.8. The predicted molar refractivity (Wildman–Crippen MR) is 118 cm³/mol. The predicted octanol–water partition coefficient (Wildman–Crippen LogP) is 3.95. The van der Waals surface area contributed by atoms with E-state index in [2.05, 4.69) is 0 Å². The van der Waals surface area contributed by atoms with E-state index >= 15 is 0 Å². The number of β-amino-alcohol motifs (C(OH)–C–C–N with tert-alkyl or cyclic N) is 1. The zero-order valence-corrected chi connectivity index (χ0v) is 18.5. The van der Waals surface area contributed by atoms with Gasteiger partial charge in [0.05, 0.1) is 24.7 Å². The lowest BCUT2D eigenvalue weighted by molar-refractivity contribution is 0.0209. The van der Waals surface area contributed by atoms with Crippen molar-refractivity contribution in [1.82, 2.24) is 9.80 Å². The van der Waals surface area contributed by atoms with Gasteiger partial charge in [-0.1, -0.05) is 48.5 Å². The summed E-state index contributed by atoms with van der Waals surface area (Å²) in [6.07, 6.45) is -1.69. The zero-order chi connectivity index (χ0) is 22.6. The topological polar surface area (TPSA) is 79.3 Å². The molecule has 0 unspecified atom stereocenters. The van der Waals surface area contributed by atoms with E-state index in [0.717, 1.165) is 22.3 Å². The molecule has 7 heteroatoms. The minimum atomic E-state index is -0.842. The first-order valence-electron chi connectivity index (χ1n) is 11.1. The van der Waals surface area contributed by atoms with Crippen molar-refractivity contribution in [2.45, 2.75) is 57.1 Å². The van der Waals surface area contributed by atoms with Gasteiger partial charge in [0.2, 0.25) is 0 Å². The van der Waals surface area contributed by atoms with Crippen molar-refractivity contribution < 1.29 is 24.2 Å². The molecule has 3 aliphatic rings. The minimum absolute atomic E-state index is 0.142. The van der Waals surface area contributed by atoms with Gasteiger partial charge in [-0.2, -0.15) is 0 Å². The fourth-order valence-corrected chi connectivity index (χ4v) is 5.20.